The minimum Gasteiger partial charge on any atom is -0.489 e. The zero-order valence-corrected chi connectivity index (χ0v) is 12.0. The minimum absolute atomic E-state index is 0.00461. The number of thioether (sulfide) groups is 1. The van der Waals surface area contributed by atoms with Gasteiger partial charge in [0.05, 0.1) is 0 Å². The first-order valence-corrected chi connectivity index (χ1v) is 7.88. The molecule has 1 aromatic heterocycles. The molecule has 0 amide bonds. The molecule has 3 rings (SSSR count). The van der Waals surface area contributed by atoms with Gasteiger partial charge in [0.15, 0.2) is 0 Å². The standard InChI is InChI=1S/C14H11FO3S2/c15-9-1-2-12-8(3-9)4-10(18-12)6-19-11-5-13(14(16)17)20-7-11/h1-3,5,7,10H,4,6H2,(H,16,17). The molecule has 0 aliphatic carbocycles. The lowest BCUT2D eigenvalue weighted by molar-refractivity contribution is 0.0702. The monoisotopic (exact) mass is 310 g/mol. The van der Waals surface area contributed by atoms with Gasteiger partial charge in [0, 0.05) is 28.0 Å². The van der Waals surface area contributed by atoms with Gasteiger partial charge in [-0.05, 0) is 24.3 Å². The van der Waals surface area contributed by atoms with Crippen LogP contribution in [0.15, 0.2) is 34.5 Å². The van der Waals surface area contributed by atoms with E-state index in [2.05, 4.69) is 0 Å². The van der Waals surface area contributed by atoms with Gasteiger partial charge in [-0.2, -0.15) is 0 Å². The number of hydrogen-bond donors (Lipinski definition) is 1. The number of thiophene rings is 1. The number of carboxylic acid groups (broad SMARTS) is 1. The molecule has 0 spiro atoms. The van der Waals surface area contributed by atoms with Gasteiger partial charge in [0.1, 0.15) is 22.5 Å². The minimum atomic E-state index is -0.901. The Morgan fingerprint density at radius 1 is 1.50 bits per heavy atom. The van der Waals surface area contributed by atoms with Crippen LogP contribution in [0, 0.1) is 5.82 Å². The lowest BCUT2D eigenvalue weighted by Gasteiger charge is -2.09. The van der Waals surface area contributed by atoms with E-state index >= 15 is 0 Å². The van der Waals surface area contributed by atoms with Gasteiger partial charge in [0.2, 0.25) is 0 Å². The number of hydrogen-bond acceptors (Lipinski definition) is 4. The number of halogens is 1. The lowest BCUT2D eigenvalue weighted by Crippen LogP contribution is -2.15. The van der Waals surface area contributed by atoms with Crippen molar-refractivity contribution in [3.05, 3.63) is 45.9 Å². The van der Waals surface area contributed by atoms with Crippen molar-refractivity contribution in [2.45, 2.75) is 17.4 Å². The molecular formula is C14H11FO3S2. The summed E-state index contributed by atoms with van der Waals surface area (Å²) in [6.45, 7) is 0. The van der Waals surface area contributed by atoms with Gasteiger partial charge >= 0.3 is 5.97 Å². The van der Waals surface area contributed by atoms with Crippen molar-refractivity contribution in [2.75, 3.05) is 5.75 Å². The highest BCUT2D eigenvalue weighted by Gasteiger charge is 2.23. The van der Waals surface area contributed by atoms with Crippen molar-refractivity contribution in [1.82, 2.24) is 0 Å². The molecule has 20 heavy (non-hydrogen) atoms. The fourth-order valence-electron chi connectivity index (χ4n) is 2.08. The second-order valence-electron chi connectivity index (χ2n) is 4.46. The molecule has 0 fully saturated rings. The molecule has 1 N–H and O–H groups in total. The second-order valence-corrected chi connectivity index (χ2v) is 6.46. The van der Waals surface area contributed by atoms with Gasteiger partial charge in [-0.3, -0.25) is 0 Å². The Morgan fingerprint density at radius 2 is 2.35 bits per heavy atom. The summed E-state index contributed by atoms with van der Waals surface area (Å²) in [5.74, 6) is 0.312. The number of carbonyl (C=O) groups is 1. The first kappa shape index (κ1) is 13.5. The number of rotatable bonds is 4. The second kappa shape index (κ2) is 5.46. The van der Waals surface area contributed by atoms with Crippen LogP contribution in [-0.2, 0) is 6.42 Å². The Morgan fingerprint density at radius 3 is 3.10 bits per heavy atom. The normalized spacial score (nSPS) is 16.8. The smallest absolute Gasteiger partial charge is 0.345 e. The van der Waals surface area contributed by atoms with E-state index in [1.54, 1.807) is 23.9 Å². The number of aromatic carboxylic acids is 1. The van der Waals surface area contributed by atoms with Crippen LogP contribution in [0.25, 0.3) is 0 Å². The van der Waals surface area contributed by atoms with E-state index in [1.807, 2.05) is 5.38 Å². The van der Waals surface area contributed by atoms with E-state index in [0.717, 1.165) is 16.2 Å². The first-order chi connectivity index (χ1) is 9.61. The van der Waals surface area contributed by atoms with E-state index in [9.17, 15) is 9.18 Å². The third kappa shape index (κ3) is 2.81. The highest BCUT2D eigenvalue weighted by Crippen LogP contribution is 2.33. The highest BCUT2D eigenvalue weighted by atomic mass is 32.2. The van der Waals surface area contributed by atoms with Gasteiger partial charge in [0.25, 0.3) is 0 Å². The predicted molar refractivity (Wildman–Crippen MR) is 76.5 cm³/mol. The van der Waals surface area contributed by atoms with Crippen molar-refractivity contribution in [3.8, 4) is 5.75 Å². The van der Waals surface area contributed by atoms with Crippen LogP contribution in [0.5, 0.6) is 5.75 Å². The number of carboxylic acids is 1. The van der Waals surface area contributed by atoms with Crippen molar-refractivity contribution >= 4 is 29.1 Å². The van der Waals surface area contributed by atoms with Crippen molar-refractivity contribution in [3.63, 3.8) is 0 Å². The summed E-state index contributed by atoms with van der Waals surface area (Å²) in [6, 6.07) is 6.22. The fourth-order valence-corrected chi connectivity index (χ4v) is 3.94. The highest BCUT2D eigenvalue weighted by molar-refractivity contribution is 7.99. The van der Waals surface area contributed by atoms with Crippen LogP contribution in [0.4, 0.5) is 4.39 Å². The van der Waals surface area contributed by atoms with E-state index in [4.69, 9.17) is 9.84 Å². The maximum absolute atomic E-state index is 13.1. The largest absolute Gasteiger partial charge is 0.489 e. The molecule has 1 aromatic carbocycles. The maximum atomic E-state index is 13.1. The van der Waals surface area contributed by atoms with Crippen LogP contribution in [-0.4, -0.2) is 22.9 Å². The molecule has 0 saturated carbocycles. The van der Waals surface area contributed by atoms with Gasteiger partial charge in [-0.25, -0.2) is 9.18 Å². The molecule has 2 aromatic rings. The van der Waals surface area contributed by atoms with Crippen molar-refractivity contribution < 1.29 is 19.0 Å². The summed E-state index contributed by atoms with van der Waals surface area (Å²) in [7, 11) is 0. The summed E-state index contributed by atoms with van der Waals surface area (Å²) in [4.78, 5) is 12.1. The molecule has 2 heterocycles. The topological polar surface area (TPSA) is 46.5 Å². The Balaban J connectivity index is 1.59. The van der Waals surface area contributed by atoms with Crippen molar-refractivity contribution in [2.24, 2.45) is 0 Å². The third-order valence-electron chi connectivity index (χ3n) is 2.99. The van der Waals surface area contributed by atoms with Gasteiger partial charge in [-0.1, -0.05) is 0 Å². The molecule has 6 heteroatoms. The molecule has 1 aliphatic heterocycles. The summed E-state index contributed by atoms with van der Waals surface area (Å²) in [6.07, 6.45) is 0.695. The predicted octanol–water partition coefficient (Wildman–Crippen LogP) is 3.68. The Kier molecular flexibility index (Phi) is 3.67. The SMILES string of the molecule is O=C(O)c1cc(SCC2Cc3cc(F)ccc3O2)cs1. The molecule has 1 unspecified atom stereocenters. The molecule has 0 saturated heterocycles. The van der Waals surface area contributed by atoms with E-state index in [1.165, 1.54) is 23.5 Å². The zero-order chi connectivity index (χ0) is 14.1. The quantitative estimate of drug-likeness (QED) is 0.875. The van der Waals surface area contributed by atoms with Crippen LogP contribution < -0.4 is 4.74 Å². The third-order valence-corrected chi connectivity index (χ3v) is 5.16. The average Bonchev–Trinajstić information content (AvgIpc) is 3.01. The average molecular weight is 310 g/mol. The van der Waals surface area contributed by atoms with Crippen LogP contribution in [0.2, 0.25) is 0 Å². The molecule has 104 valence electrons. The lowest BCUT2D eigenvalue weighted by atomic mass is 10.1. The number of ether oxygens (including phenoxy) is 1. The Hall–Kier alpha value is -1.53. The van der Waals surface area contributed by atoms with Crippen molar-refractivity contribution in [1.29, 1.82) is 0 Å². The summed E-state index contributed by atoms with van der Waals surface area (Å²) in [5.41, 5.74) is 0.896. The van der Waals surface area contributed by atoms with E-state index in [0.29, 0.717) is 17.1 Å². The Labute approximate surface area is 123 Å². The first-order valence-electron chi connectivity index (χ1n) is 6.01. The Bertz CT molecular complexity index is 654. The maximum Gasteiger partial charge on any atom is 0.345 e. The summed E-state index contributed by atoms with van der Waals surface area (Å²) < 4.78 is 18.8. The molecule has 1 atom stereocenters. The van der Waals surface area contributed by atoms with Crippen LogP contribution in [0.1, 0.15) is 15.2 Å². The van der Waals surface area contributed by atoms with E-state index in [-0.39, 0.29) is 11.9 Å². The molecule has 0 radical (unpaired) electrons. The molecule has 1 aliphatic rings. The zero-order valence-electron chi connectivity index (χ0n) is 10.3. The summed E-state index contributed by atoms with van der Waals surface area (Å²) >= 11 is 2.78. The molecule has 3 nitrogen and oxygen atoms in total. The number of fused-ring (bicyclic) bond motifs is 1. The van der Waals surface area contributed by atoms with E-state index < -0.39 is 5.97 Å². The number of benzene rings is 1. The summed E-state index contributed by atoms with van der Waals surface area (Å²) in [5, 5.41) is 10.7. The fraction of sp³-hybridized carbons (Fsp3) is 0.214. The van der Waals surface area contributed by atoms with Gasteiger partial charge in [-0.15, -0.1) is 23.1 Å². The molecular weight excluding hydrogens is 299 g/mol. The van der Waals surface area contributed by atoms with Gasteiger partial charge < -0.3 is 9.84 Å². The van der Waals surface area contributed by atoms with Crippen LogP contribution in [0.3, 0.4) is 0 Å². The molecule has 0 bridgehead atoms. The van der Waals surface area contributed by atoms with Crippen LogP contribution >= 0.6 is 23.1 Å².